The van der Waals surface area contributed by atoms with Gasteiger partial charge in [0.05, 0.1) is 24.4 Å². The molecule has 0 saturated heterocycles. The van der Waals surface area contributed by atoms with Gasteiger partial charge in [0, 0.05) is 41.2 Å². The van der Waals surface area contributed by atoms with E-state index in [1.807, 2.05) is 72.2 Å². The van der Waals surface area contributed by atoms with E-state index in [0.717, 1.165) is 39.4 Å². The van der Waals surface area contributed by atoms with E-state index in [1.54, 1.807) is 6.92 Å². The lowest BCUT2D eigenvalue weighted by molar-refractivity contribution is -0.143. The molecule has 3 aromatic carbocycles. The van der Waals surface area contributed by atoms with Crippen LogP contribution in [-0.4, -0.2) is 45.3 Å². The quantitative estimate of drug-likeness (QED) is 0.137. The van der Waals surface area contributed by atoms with Gasteiger partial charge in [-0.05, 0) is 43.2 Å². The van der Waals surface area contributed by atoms with Gasteiger partial charge in [0.15, 0.2) is 0 Å². The van der Waals surface area contributed by atoms with Crippen molar-refractivity contribution in [3.8, 4) is 16.9 Å². The van der Waals surface area contributed by atoms with E-state index < -0.39 is 18.7 Å². The first-order valence-electron chi connectivity index (χ1n) is 14.7. The van der Waals surface area contributed by atoms with Gasteiger partial charge in [-0.1, -0.05) is 67.9 Å². The van der Waals surface area contributed by atoms with Gasteiger partial charge in [-0.15, -0.1) is 0 Å². The number of ether oxygens (including phenoxy) is 2. The van der Waals surface area contributed by atoms with Gasteiger partial charge in [0.2, 0.25) is 0 Å². The molecule has 2 heterocycles. The fourth-order valence-corrected chi connectivity index (χ4v) is 5.99. The number of alkyl halides is 3. The molecule has 0 aliphatic rings. The number of fused-ring (bicyclic) bond motifs is 2. The van der Waals surface area contributed by atoms with Crippen molar-refractivity contribution in [1.82, 2.24) is 14.3 Å². The molecular formula is C34H36F3N3O4. The highest BCUT2D eigenvalue weighted by Crippen LogP contribution is 2.39. The average molecular weight is 608 g/mol. The number of carboxylic acid groups (broad SMARTS) is 1. The molecule has 7 nitrogen and oxygen atoms in total. The highest BCUT2D eigenvalue weighted by Gasteiger charge is 2.32. The molecule has 0 aliphatic heterocycles. The number of hydrogen-bond donors (Lipinski definition) is 1. The Kier molecular flexibility index (Phi) is 9.29. The van der Waals surface area contributed by atoms with E-state index in [0.29, 0.717) is 59.6 Å². The van der Waals surface area contributed by atoms with Crippen LogP contribution in [0.4, 0.5) is 13.2 Å². The van der Waals surface area contributed by atoms with Crippen molar-refractivity contribution in [2.24, 2.45) is 0 Å². The van der Waals surface area contributed by atoms with Crippen LogP contribution in [0.1, 0.15) is 53.6 Å². The van der Waals surface area contributed by atoms with Gasteiger partial charge in [0.1, 0.15) is 18.0 Å². The Hall–Kier alpha value is -4.31. The number of benzene rings is 3. The first kappa shape index (κ1) is 31.1. The Labute approximate surface area is 253 Å². The van der Waals surface area contributed by atoms with Crippen molar-refractivity contribution in [3.63, 3.8) is 0 Å². The van der Waals surface area contributed by atoms with Gasteiger partial charge in [-0.3, -0.25) is 4.68 Å². The zero-order valence-corrected chi connectivity index (χ0v) is 25.1. The van der Waals surface area contributed by atoms with Gasteiger partial charge in [0.25, 0.3) is 0 Å². The molecule has 0 atom stereocenters. The van der Waals surface area contributed by atoms with Gasteiger partial charge < -0.3 is 19.1 Å². The highest BCUT2D eigenvalue weighted by molar-refractivity contribution is 6.04. The zero-order chi connectivity index (χ0) is 31.4. The van der Waals surface area contributed by atoms with E-state index in [1.165, 1.54) is 7.11 Å². The first-order chi connectivity index (χ1) is 21.1. The summed E-state index contributed by atoms with van der Waals surface area (Å²) in [5.41, 5.74) is 3.42. The Morgan fingerprint density at radius 1 is 1.00 bits per heavy atom. The van der Waals surface area contributed by atoms with Crippen molar-refractivity contribution in [1.29, 1.82) is 0 Å². The molecule has 2 aromatic heterocycles. The van der Waals surface area contributed by atoms with Crippen molar-refractivity contribution >= 4 is 27.6 Å². The first-order valence-corrected chi connectivity index (χ1v) is 14.7. The van der Waals surface area contributed by atoms with Crippen LogP contribution in [0.5, 0.6) is 5.75 Å². The summed E-state index contributed by atoms with van der Waals surface area (Å²) in [5.74, 6) is -0.277. The molecule has 0 saturated carbocycles. The standard InChI is InChI=1S/C34H36F3N3O4/c1-4-5-18-39-31-25(14-9-15-27(31)30-22(2)40(21-34(35,36)37)38-28(30)20-43-3)26(32(39)33(41)42)16-10-19-44-29-17-8-12-23-11-6-7-13-24(23)29/h6-9,11-15,17H,4-5,10,16,18-21H2,1-3H3,(H,41,42). The second-order valence-electron chi connectivity index (χ2n) is 10.9. The molecule has 0 fully saturated rings. The molecule has 1 N–H and O–H groups in total. The van der Waals surface area contributed by atoms with Gasteiger partial charge in [-0.2, -0.15) is 18.3 Å². The number of hydrogen-bond acceptors (Lipinski definition) is 4. The summed E-state index contributed by atoms with van der Waals surface area (Å²) < 4.78 is 54.5. The number of para-hydroxylation sites is 1. The van der Waals surface area contributed by atoms with Crippen LogP contribution in [0, 0.1) is 6.92 Å². The summed E-state index contributed by atoms with van der Waals surface area (Å²) in [7, 11) is 1.47. The predicted octanol–water partition coefficient (Wildman–Crippen LogP) is 8.19. The van der Waals surface area contributed by atoms with E-state index in [9.17, 15) is 23.1 Å². The highest BCUT2D eigenvalue weighted by atomic mass is 19.4. The SMILES string of the molecule is CCCCn1c(C(=O)O)c(CCCOc2cccc3ccccc23)c2cccc(-c3c(COC)nn(CC(F)(F)F)c3C)c21. The predicted molar refractivity (Wildman–Crippen MR) is 164 cm³/mol. The fraction of sp³-hybridized carbons (Fsp3) is 0.353. The molecule has 0 unspecified atom stereocenters. The van der Waals surface area contributed by atoms with Crippen molar-refractivity contribution in [2.75, 3.05) is 13.7 Å². The molecule has 0 aliphatic carbocycles. The molecular weight excluding hydrogens is 571 g/mol. The lowest BCUT2D eigenvalue weighted by atomic mass is 9.98. The molecule has 10 heteroatoms. The summed E-state index contributed by atoms with van der Waals surface area (Å²) in [6.45, 7) is 3.25. The summed E-state index contributed by atoms with van der Waals surface area (Å²) in [5, 5.41) is 17.6. The van der Waals surface area contributed by atoms with Crippen molar-refractivity contribution in [2.45, 2.75) is 65.4 Å². The maximum atomic E-state index is 13.4. The van der Waals surface area contributed by atoms with Gasteiger partial charge in [-0.25, -0.2) is 4.79 Å². The number of halogens is 3. The minimum Gasteiger partial charge on any atom is -0.493 e. The fourth-order valence-electron chi connectivity index (χ4n) is 5.99. The summed E-state index contributed by atoms with van der Waals surface area (Å²) in [6.07, 6.45) is -1.86. The molecule has 0 bridgehead atoms. The Balaban J connectivity index is 1.57. The van der Waals surface area contributed by atoms with Crippen LogP contribution < -0.4 is 4.74 Å². The molecule has 232 valence electrons. The van der Waals surface area contributed by atoms with Crippen LogP contribution in [0.3, 0.4) is 0 Å². The van der Waals surface area contributed by atoms with Crippen LogP contribution in [-0.2, 0) is 30.9 Å². The number of aromatic carboxylic acids is 1. The van der Waals surface area contributed by atoms with Crippen LogP contribution in [0.25, 0.3) is 32.8 Å². The van der Waals surface area contributed by atoms with Gasteiger partial charge >= 0.3 is 12.1 Å². The number of methoxy groups -OCH3 is 1. The monoisotopic (exact) mass is 607 g/mol. The lowest BCUT2D eigenvalue weighted by Crippen LogP contribution is -2.19. The average Bonchev–Trinajstić information content (AvgIpc) is 3.47. The number of aryl methyl sites for hydroxylation is 2. The van der Waals surface area contributed by atoms with E-state index in [4.69, 9.17) is 9.47 Å². The number of nitrogens with zero attached hydrogens (tertiary/aromatic N) is 3. The lowest BCUT2D eigenvalue weighted by Gasteiger charge is -2.13. The Bertz CT molecular complexity index is 1780. The Morgan fingerprint density at radius 2 is 1.73 bits per heavy atom. The molecule has 0 amide bonds. The number of aromatic nitrogens is 3. The summed E-state index contributed by atoms with van der Waals surface area (Å²) >= 11 is 0. The third-order valence-electron chi connectivity index (χ3n) is 7.86. The number of unbranched alkanes of at least 4 members (excludes halogenated alkanes) is 1. The molecule has 5 aromatic rings. The van der Waals surface area contributed by atoms with Crippen molar-refractivity contribution in [3.05, 3.63) is 83.3 Å². The van der Waals surface area contributed by atoms with Crippen molar-refractivity contribution < 1.29 is 32.5 Å². The van der Waals surface area contributed by atoms with E-state index >= 15 is 0 Å². The van der Waals surface area contributed by atoms with Crippen LogP contribution in [0.15, 0.2) is 60.7 Å². The maximum absolute atomic E-state index is 13.4. The van der Waals surface area contributed by atoms with Crippen LogP contribution in [0.2, 0.25) is 0 Å². The number of carbonyl (C=O) groups is 1. The number of rotatable bonds is 13. The second-order valence-corrected chi connectivity index (χ2v) is 10.9. The topological polar surface area (TPSA) is 78.5 Å². The largest absolute Gasteiger partial charge is 0.493 e. The van der Waals surface area contributed by atoms with Crippen LogP contribution >= 0.6 is 0 Å². The maximum Gasteiger partial charge on any atom is 0.408 e. The minimum absolute atomic E-state index is 0.0111. The van der Waals surface area contributed by atoms with E-state index in [2.05, 4.69) is 5.10 Å². The normalized spacial score (nSPS) is 12.0. The van der Waals surface area contributed by atoms with E-state index in [-0.39, 0.29) is 12.3 Å². The summed E-state index contributed by atoms with van der Waals surface area (Å²) in [6, 6.07) is 19.4. The molecule has 44 heavy (non-hydrogen) atoms. The third-order valence-corrected chi connectivity index (χ3v) is 7.86. The molecule has 0 spiro atoms. The zero-order valence-electron chi connectivity index (χ0n) is 25.1. The molecule has 5 rings (SSSR count). The molecule has 0 radical (unpaired) electrons. The smallest absolute Gasteiger partial charge is 0.408 e. The number of carboxylic acids is 1. The second kappa shape index (κ2) is 13.1. The minimum atomic E-state index is -4.45. The third kappa shape index (κ3) is 6.31. The summed E-state index contributed by atoms with van der Waals surface area (Å²) in [4.78, 5) is 12.8. The Morgan fingerprint density at radius 3 is 2.45 bits per heavy atom.